The van der Waals surface area contributed by atoms with Gasteiger partial charge in [-0.05, 0) is 61.7 Å². The molecule has 0 aliphatic carbocycles. The normalized spacial score (nSPS) is 15.1. The highest BCUT2D eigenvalue weighted by atomic mass is 35.5. The smallest absolute Gasteiger partial charge is 0.0643 e. The predicted molar refractivity (Wildman–Crippen MR) is 135 cm³/mol. The Morgan fingerprint density at radius 2 is 1.81 bits per heavy atom. The van der Waals surface area contributed by atoms with E-state index in [1.807, 2.05) is 24.3 Å². The average Bonchev–Trinajstić information content (AvgIpc) is 3.04. The van der Waals surface area contributed by atoms with Crippen LogP contribution in [0.4, 0.5) is 11.4 Å². The van der Waals surface area contributed by atoms with E-state index in [9.17, 15) is 0 Å². The summed E-state index contributed by atoms with van der Waals surface area (Å²) in [7, 11) is 0. The van der Waals surface area contributed by atoms with E-state index in [4.69, 9.17) is 17.3 Å². The van der Waals surface area contributed by atoms with Crippen molar-refractivity contribution < 1.29 is 0 Å². The zero-order valence-corrected chi connectivity index (χ0v) is 19.6. The molecule has 1 fully saturated rings. The molecule has 1 aliphatic heterocycles. The molecule has 2 aromatic rings. The number of halogens is 1. The highest BCUT2D eigenvalue weighted by Crippen LogP contribution is 2.27. The van der Waals surface area contributed by atoms with E-state index in [2.05, 4.69) is 46.8 Å². The third kappa shape index (κ3) is 7.57. The fourth-order valence-electron chi connectivity index (χ4n) is 4.23. The zero-order chi connectivity index (χ0) is 22.1. The minimum absolute atomic E-state index is 0.746. The molecule has 168 valence electrons. The van der Waals surface area contributed by atoms with E-state index < -0.39 is 0 Å². The van der Waals surface area contributed by atoms with Gasteiger partial charge in [-0.2, -0.15) is 0 Å². The van der Waals surface area contributed by atoms with Crippen LogP contribution < -0.4 is 11.1 Å². The van der Waals surface area contributed by atoms with Gasteiger partial charge in [-0.15, -0.1) is 0 Å². The topological polar surface area (TPSA) is 44.5 Å². The molecule has 5 heteroatoms. The fourth-order valence-corrected chi connectivity index (χ4v) is 4.47. The lowest BCUT2D eigenvalue weighted by molar-refractivity contribution is 0.212. The van der Waals surface area contributed by atoms with Crippen molar-refractivity contribution in [2.75, 3.05) is 43.8 Å². The molecule has 2 aromatic carbocycles. The summed E-state index contributed by atoms with van der Waals surface area (Å²) >= 11 is 6.48. The maximum atomic E-state index is 6.48. The molecule has 3 rings (SSSR count). The third-order valence-corrected chi connectivity index (χ3v) is 6.33. The summed E-state index contributed by atoms with van der Waals surface area (Å²) in [6.07, 6.45) is 6.30. The van der Waals surface area contributed by atoms with E-state index in [1.165, 1.54) is 49.9 Å². The van der Waals surface area contributed by atoms with E-state index >= 15 is 0 Å². The monoisotopic (exact) mass is 440 g/mol. The van der Waals surface area contributed by atoms with Crippen molar-refractivity contribution in [2.45, 2.75) is 45.6 Å². The number of nitrogens with zero attached hydrogens (tertiary/aromatic N) is 2. The number of nitrogen functional groups attached to an aromatic ring is 1. The summed E-state index contributed by atoms with van der Waals surface area (Å²) in [5.74, 6) is 0. The van der Waals surface area contributed by atoms with Gasteiger partial charge in [0.1, 0.15) is 0 Å². The van der Waals surface area contributed by atoms with Crippen LogP contribution in [0.3, 0.4) is 0 Å². The van der Waals surface area contributed by atoms with Crippen molar-refractivity contribution >= 4 is 23.0 Å². The van der Waals surface area contributed by atoms with E-state index in [0.29, 0.717) is 0 Å². The molecule has 1 saturated heterocycles. The number of hydrogen-bond donors (Lipinski definition) is 2. The molecule has 0 spiro atoms. The quantitative estimate of drug-likeness (QED) is 0.459. The average molecular weight is 441 g/mol. The van der Waals surface area contributed by atoms with Gasteiger partial charge in [0, 0.05) is 37.6 Å². The number of hydrogen-bond acceptors (Lipinski definition) is 4. The first kappa shape index (κ1) is 23.6. The Bertz CT molecular complexity index is 826. The summed E-state index contributed by atoms with van der Waals surface area (Å²) in [6, 6.07) is 14.2. The Balaban J connectivity index is 1.66. The van der Waals surface area contributed by atoms with Gasteiger partial charge in [0.15, 0.2) is 0 Å². The summed E-state index contributed by atoms with van der Waals surface area (Å²) in [5.41, 5.74) is 11.1. The SMILES string of the molecule is C=C(CN(CCN1CCCCCC1)Cc1ccc(N)cc1)Nc1c(Cl)cccc1CC. The van der Waals surface area contributed by atoms with E-state index in [1.54, 1.807) is 0 Å². The van der Waals surface area contributed by atoms with Crippen LogP contribution in [0.2, 0.25) is 5.02 Å². The standard InChI is InChI=1S/C26H37ClN4/c1-3-23-9-8-10-25(27)26(23)29-21(2)19-31(20-22-11-13-24(28)14-12-22)18-17-30-15-6-4-5-7-16-30/h8-14,29H,2-7,15-20,28H2,1H3. The Kier molecular flexibility index (Phi) is 9.26. The van der Waals surface area contributed by atoms with Crippen LogP contribution in [0.15, 0.2) is 54.7 Å². The van der Waals surface area contributed by atoms with Gasteiger partial charge in [-0.25, -0.2) is 0 Å². The van der Waals surface area contributed by atoms with Gasteiger partial charge in [0.25, 0.3) is 0 Å². The first-order valence-electron chi connectivity index (χ1n) is 11.6. The number of aryl methyl sites for hydroxylation is 1. The number of nitrogens with two attached hydrogens (primary N) is 1. The van der Waals surface area contributed by atoms with Crippen LogP contribution in [0.5, 0.6) is 0 Å². The fraction of sp³-hybridized carbons (Fsp3) is 0.462. The molecule has 3 N–H and O–H groups in total. The molecule has 0 amide bonds. The summed E-state index contributed by atoms with van der Waals surface area (Å²) < 4.78 is 0. The second kappa shape index (κ2) is 12.1. The minimum atomic E-state index is 0.746. The predicted octanol–water partition coefficient (Wildman–Crippen LogP) is 5.79. The number of likely N-dealkylation sites (tertiary alicyclic amines) is 1. The van der Waals surface area contributed by atoms with Gasteiger partial charge in [-0.1, -0.05) is 62.2 Å². The molecule has 0 saturated carbocycles. The van der Waals surface area contributed by atoms with E-state index in [-0.39, 0.29) is 0 Å². The largest absolute Gasteiger partial charge is 0.399 e. The van der Waals surface area contributed by atoms with Gasteiger partial charge in [0.05, 0.1) is 10.7 Å². The molecular weight excluding hydrogens is 404 g/mol. The minimum Gasteiger partial charge on any atom is -0.399 e. The lowest BCUT2D eigenvalue weighted by Crippen LogP contribution is -2.37. The van der Waals surface area contributed by atoms with Gasteiger partial charge in [0.2, 0.25) is 0 Å². The van der Waals surface area contributed by atoms with Crippen molar-refractivity contribution in [3.05, 3.63) is 70.9 Å². The number of nitrogens with one attached hydrogen (secondary N) is 1. The van der Waals surface area contributed by atoms with Gasteiger partial charge >= 0.3 is 0 Å². The molecule has 1 heterocycles. The van der Waals surface area contributed by atoms with Gasteiger partial charge in [-0.3, -0.25) is 4.90 Å². The summed E-state index contributed by atoms with van der Waals surface area (Å²) in [6.45, 7) is 12.7. The second-order valence-electron chi connectivity index (χ2n) is 8.56. The lowest BCUT2D eigenvalue weighted by atomic mass is 10.1. The molecule has 0 unspecified atom stereocenters. The molecule has 0 bridgehead atoms. The Labute approximate surface area is 193 Å². The molecule has 0 radical (unpaired) electrons. The van der Waals surface area contributed by atoms with Crippen molar-refractivity contribution in [1.29, 1.82) is 0 Å². The number of benzene rings is 2. The zero-order valence-electron chi connectivity index (χ0n) is 18.9. The van der Waals surface area contributed by atoms with Crippen molar-refractivity contribution in [3.63, 3.8) is 0 Å². The molecule has 0 atom stereocenters. The van der Waals surface area contributed by atoms with Crippen LogP contribution in [0.25, 0.3) is 0 Å². The van der Waals surface area contributed by atoms with Crippen molar-refractivity contribution in [3.8, 4) is 0 Å². The Hall–Kier alpha value is -2.01. The number of rotatable bonds is 10. The number of anilines is 2. The second-order valence-corrected chi connectivity index (χ2v) is 8.97. The third-order valence-electron chi connectivity index (χ3n) is 6.01. The molecule has 0 aromatic heterocycles. The highest BCUT2D eigenvalue weighted by molar-refractivity contribution is 6.33. The molecule has 4 nitrogen and oxygen atoms in total. The highest BCUT2D eigenvalue weighted by Gasteiger charge is 2.14. The van der Waals surface area contributed by atoms with Crippen LogP contribution in [-0.2, 0) is 13.0 Å². The van der Waals surface area contributed by atoms with Crippen molar-refractivity contribution in [1.82, 2.24) is 9.80 Å². The molecule has 31 heavy (non-hydrogen) atoms. The number of para-hydroxylation sites is 1. The van der Waals surface area contributed by atoms with Gasteiger partial charge < -0.3 is 16.0 Å². The Morgan fingerprint density at radius 3 is 2.48 bits per heavy atom. The van der Waals surface area contributed by atoms with Crippen molar-refractivity contribution in [2.24, 2.45) is 0 Å². The van der Waals surface area contributed by atoms with E-state index in [0.717, 1.165) is 54.7 Å². The maximum absolute atomic E-state index is 6.48. The molecular formula is C26H37ClN4. The molecule has 1 aliphatic rings. The summed E-state index contributed by atoms with van der Waals surface area (Å²) in [4.78, 5) is 5.08. The lowest BCUT2D eigenvalue weighted by Gasteiger charge is -2.28. The van der Waals surface area contributed by atoms with Crippen LogP contribution in [-0.4, -0.2) is 42.5 Å². The Morgan fingerprint density at radius 1 is 1.10 bits per heavy atom. The van der Waals surface area contributed by atoms with Crippen LogP contribution in [0.1, 0.15) is 43.7 Å². The van der Waals surface area contributed by atoms with Crippen LogP contribution >= 0.6 is 11.6 Å². The first-order valence-corrected chi connectivity index (χ1v) is 11.9. The first-order chi connectivity index (χ1) is 15.0. The maximum Gasteiger partial charge on any atom is 0.0643 e. The van der Waals surface area contributed by atoms with Crippen LogP contribution in [0, 0.1) is 0 Å². The summed E-state index contributed by atoms with van der Waals surface area (Å²) in [5, 5.41) is 4.25.